The van der Waals surface area contributed by atoms with E-state index < -0.39 is 0 Å². The molecule has 1 aromatic rings. The third kappa shape index (κ3) is 2.58. The molecule has 0 aromatic heterocycles. The largest absolute Gasteiger partial charge is 0.380 e. The van der Waals surface area contributed by atoms with Gasteiger partial charge in [-0.25, -0.2) is 0 Å². The van der Waals surface area contributed by atoms with Crippen LogP contribution in [0.1, 0.15) is 37.8 Å². The van der Waals surface area contributed by atoms with Gasteiger partial charge >= 0.3 is 0 Å². The van der Waals surface area contributed by atoms with Gasteiger partial charge in [0.15, 0.2) is 0 Å². The van der Waals surface area contributed by atoms with Crippen LogP contribution in [-0.4, -0.2) is 7.11 Å². The van der Waals surface area contributed by atoms with Crippen LogP contribution in [0.15, 0.2) is 24.3 Å². The Balaban J connectivity index is 2.94. The number of rotatable bonds is 4. The van der Waals surface area contributed by atoms with Gasteiger partial charge in [-0.3, -0.25) is 0 Å². The molecule has 0 spiro atoms. The van der Waals surface area contributed by atoms with Crippen LogP contribution in [0.2, 0.25) is 0 Å². The summed E-state index contributed by atoms with van der Waals surface area (Å²) in [6.07, 6.45) is 0. The summed E-state index contributed by atoms with van der Waals surface area (Å²) in [5.41, 5.74) is 2.74. The molecule has 1 nitrogen and oxygen atoms in total. The van der Waals surface area contributed by atoms with E-state index in [0.717, 1.165) is 0 Å². The van der Waals surface area contributed by atoms with Gasteiger partial charge in [0.2, 0.25) is 0 Å². The SMILES string of the molecule is COCc1ccccc1C(C)C(C)C. The van der Waals surface area contributed by atoms with E-state index in [2.05, 4.69) is 45.0 Å². The second-order valence-electron chi connectivity index (χ2n) is 4.16. The molecule has 1 rings (SSSR count). The lowest BCUT2D eigenvalue weighted by molar-refractivity contribution is 0.183. The van der Waals surface area contributed by atoms with Crippen LogP contribution in [0.25, 0.3) is 0 Å². The predicted octanol–water partition coefficient (Wildman–Crippen LogP) is 3.59. The van der Waals surface area contributed by atoms with Gasteiger partial charge in [0.25, 0.3) is 0 Å². The fourth-order valence-electron chi connectivity index (χ4n) is 1.62. The number of hydrogen-bond donors (Lipinski definition) is 0. The van der Waals surface area contributed by atoms with Crippen molar-refractivity contribution in [1.82, 2.24) is 0 Å². The van der Waals surface area contributed by atoms with Crippen LogP contribution >= 0.6 is 0 Å². The van der Waals surface area contributed by atoms with E-state index in [-0.39, 0.29) is 0 Å². The molecule has 78 valence electrons. The van der Waals surface area contributed by atoms with Crippen molar-refractivity contribution in [2.45, 2.75) is 33.3 Å². The van der Waals surface area contributed by atoms with Crippen molar-refractivity contribution in [1.29, 1.82) is 0 Å². The number of ether oxygens (including phenoxy) is 1. The van der Waals surface area contributed by atoms with Crippen LogP contribution in [-0.2, 0) is 11.3 Å². The standard InChI is InChI=1S/C13H20O/c1-10(2)11(3)13-8-6-5-7-12(13)9-14-4/h5-8,10-11H,9H2,1-4H3. The Labute approximate surface area is 87.1 Å². The molecular weight excluding hydrogens is 172 g/mol. The van der Waals surface area contributed by atoms with Gasteiger partial charge < -0.3 is 4.74 Å². The molecule has 0 saturated carbocycles. The predicted molar refractivity (Wildman–Crippen MR) is 60.4 cm³/mol. The van der Waals surface area contributed by atoms with Crippen LogP contribution in [0.4, 0.5) is 0 Å². The molecule has 1 aromatic carbocycles. The number of benzene rings is 1. The second-order valence-corrected chi connectivity index (χ2v) is 4.16. The van der Waals surface area contributed by atoms with Crippen molar-refractivity contribution in [3.05, 3.63) is 35.4 Å². The number of methoxy groups -OCH3 is 1. The average molecular weight is 192 g/mol. The first-order valence-electron chi connectivity index (χ1n) is 5.23. The quantitative estimate of drug-likeness (QED) is 0.708. The van der Waals surface area contributed by atoms with Gasteiger partial charge in [-0.1, -0.05) is 45.0 Å². The van der Waals surface area contributed by atoms with Gasteiger partial charge in [-0.05, 0) is 23.0 Å². The molecule has 0 aliphatic carbocycles. The molecular formula is C13H20O. The fraction of sp³-hybridized carbons (Fsp3) is 0.538. The maximum absolute atomic E-state index is 5.20. The molecule has 1 unspecified atom stereocenters. The summed E-state index contributed by atoms with van der Waals surface area (Å²) >= 11 is 0. The highest BCUT2D eigenvalue weighted by Crippen LogP contribution is 2.26. The molecule has 0 radical (unpaired) electrons. The van der Waals surface area contributed by atoms with Crippen molar-refractivity contribution in [3.8, 4) is 0 Å². The Kier molecular flexibility index (Phi) is 4.15. The van der Waals surface area contributed by atoms with Crippen LogP contribution < -0.4 is 0 Å². The third-order valence-electron chi connectivity index (χ3n) is 2.85. The van der Waals surface area contributed by atoms with Crippen molar-refractivity contribution >= 4 is 0 Å². The number of hydrogen-bond acceptors (Lipinski definition) is 1. The zero-order valence-electron chi connectivity index (χ0n) is 9.58. The summed E-state index contributed by atoms with van der Waals surface area (Å²) in [6.45, 7) is 7.51. The van der Waals surface area contributed by atoms with Crippen molar-refractivity contribution < 1.29 is 4.74 Å². The summed E-state index contributed by atoms with van der Waals surface area (Å²) in [5, 5.41) is 0. The van der Waals surface area contributed by atoms with Gasteiger partial charge in [0, 0.05) is 7.11 Å². The summed E-state index contributed by atoms with van der Waals surface area (Å²) < 4.78 is 5.20. The summed E-state index contributed by atoms with van der Waals surface area (Å²) in [6, 6.07) is 8.54. The monoisotopic (exact) mass is 192 g/mol. The van der Waals surface area contributed by atoms with E-state index in [4.69, 9.17) is 4.74 Å². The minimum absolute atomic E-state index is 0.598. The zero-order valence-corrected chi connectivity index (χ0v) is 9.58. The highest BCUT2D eigenvalue weighted by molar-refractivity contribution is 5.29. The van der Waals surface area contributed by atoms with Gasteiger partial charge in [-0.15, -0.1) is 0 Å². The average Bonchev–Trinajstić information content (AvgIpc) is 2.18. The zero-order chi connectivity index (χ0) is 10.6. The maximum Gasteiger partial charge on any atom is 0.0715 e. The van der Waals surface area contributed by atoms with E-state index in [0.29, 0.717) is 18.4 Å². The lowest BCUT2D eigenvalue weighted by Crippen LogP contribution is -2.06. The topological polar surface area (TPSA) is 9.23 Å². The molecule has 0 aliphatic heterocycles. The Bertz CT molecular complexity index is 278. The molecule has 0 heterocycles. The first-order chi connectivity index (χ1) is 6.66. The summed E-state index contributed by atoms with van der Waals surface area (Å²) in [7, 11) is 1.75. The molecule has 14 heavy (non-hydrogen) atoms. The summed E-state index contributed by atoms with van der Waals surface area (Å²) in [4.78, 5) is 0. The first kappa shape index (κ1) is 11.3. The van der Waals surface area contributed by atoms with Gasteiger partial charge in [0.1, 0.15) is 0 Å². The lowest BCUT2D eigenvalue weighted by atomic mass is 9.87. The Hall–Kier alpha value is -0.820. The Morgan fingerprint density at radius 3 is 2.36 bits per heavy atom. The molecule has 0 saturated heterocycles. The van der Waals surface area contributed by atoms with E-state index in [1.807, 2.05) is 0 Å². The fourth-order valence-corrected chi connectivity index (χ4v) is 1.62. The molecule has 0 bridgehead atoms. The highest BCUT2D eigenvalue weighted by atomic mass is 16.5. The van der Waals surface area contributed by atoms with E-state index >= 15 is 0 Å². The molecule has 0 fully saturated rings. The van der Waals surface area contributed by atoms with Gasteiger partial charge in [-0.2, -0.15) is 0 Å². The Morgan fingerprint density at radius 1 is 1.14 bits per heavy atom. The molecule has 0 aliphatic rings. The van der Waals surface area contributed by atoms with Crippen molar-refractivity contribution in [2.75, 3.05) is 7.11 Å². The minimum atomic E-state index is 0.598. The Morgan fingerprint density at radius 2 is 1.79 bits per heavy atom. The van der Waals surface area contributed by atoms with Gasteiger partial charge in [0.05, 0.1) is 6.61 Å². The minimum Gasteiger partial charge on any atom is -0.380 e. The van der Waals surface area contributed by atoms with Crippen molar-refractivity contribution in [3.63, 3.8) is 0 Å². The highest BCUT2D eigenvalue weighted by Gasteiger charge is 2.12. The van der Waals surface area contributed by atoms with E-state index in [1.54, 1.807) is 7.11 Å². The second kappa shape index (κ2) is 5.16. The first-order valence-corrected chi connectivity index (χ1v) is 5.23. The smallest absolute Gasteiger partial charge is 0.0715 e. The molecule has 1 atom stereocenters. The third-order valence-corrected chi connectivity index (χ3v) is 2.85. The normalized spacial score (nSPS) is 13.2. The van der Waals surface area contributed by atoms with Crippen LogP contribution in [0, 0.1) is 5.92 Å². The van der Waals surface area contributed by atoms with Crippen LogP contribution in [0.5, 0.6) is 0 Å². The van der Waals surface area contributed by atoms with E-state index in [1.165, 1.54) is 11.1 Å². The van der Waals surface area contributed by atoms with Crippen molar-refractivity contribution in [2.24, 2.45) is 5.92 Å². The molecule has 0 amide bonds. The van der Waals surface area contributed by atoms with Crippen LogP contribution in [0.3, 0.4) is 0 Å². The lowest BCUT2D eigenvalue weighted by Gasteiger charge is -2.19. The molecule has 1 heteroatoms. The molecule has 0 N–H and O–H groups in total. The van der Waals surface area contributed by atoms with E-state index in [9.17, 15) is 0 Å². The summed E-state index contributed by atoms with van der Waals surface area (Å²) in [5.74, 6) is 1.27. The maximum atomic E-state index is 5.20.